The van der Waals surface area contributed by atoms with Crippen molar-refractivity contribution in [2.45, 2.75) is 45.7 Å². The predicted octanol–water partition coefficient (Wildman–Crippen LogP) is 3.22. The van der Waals surface area contributed by atoms with Crippen molar-refractivity contribution >= 4 is 34.4 Å². The summed E-state index contributed by atoms with van der Waals surface area (Å²) in [5.74, 6) is -0.528. The maximum atomic E-state index is 13.4. The van der Waals surface area contributed by atoms with Crippen molar-refractivity contribution in [1.82, 2.24) is 14.9 Å². The number of fused-ring (bicyclic) bond motifs is 1. The second-order valence-electron chi connectivity index (χ2n) is 9.23. The van der Waals surface area contributed by atoms with Gasteiger partial charge in [0.25, 0.3) is 5.56 Å². The molecule has 0 aliphatic carbocycles. The SMILES string of the molecule is CC(=O)N[C@H]1CCCN(c2nc3c(C(C)Nc4ccccc4C(=O)O)cc(C)cc3c(=O)n2C)C1. The monoisotopic (exact) mass is 477 g/mol. The average Bonchev–Trinajstić information content (AvgIpc) is 2.81. The molecule has 1 aliphatic rings. The quantitative estimate of drug-likeness (QED) is 0.499. The molecule has 1 fully saturated rings. The van der Waals surface area contributed by atoms with Crippen LogP contribution < -0.4 is 21.1 Å². The summed E-state index contributed by atoms with van der Waals surface area (Å²) >= 11 is 0. The summed E-state index contributed by atoms with van der Waals surface area (Å²) in [6.45, 7) is 6.68. The number of rotatable bonds is 6. The van der Waals surface area contributed by atoms with Gasteiger partial charge in [-0.05, 0) is 50.5 Å². The summed E-state index contributed by atoms with van der Waals surface area (Å²) in [6.07, 6.45) is 1.76. The highest BCUT2D eigenvalue weighted by Crippen LogP contribution is 2.29. The van der Waals surface area contributed by atoms with Crippen LogP contribution in [0.2, 0.25) is 0 Å². The van der Waals surface area contributed by atoms with Crippen LogP contribution in [0, 0.1) is 6.92 Å². The van der Waals surface area contributed by atoms with Gasteiger partial charge >= 0.3 is 5.97 Å². The Morgan fingerprint density at radius 2 is 1.97 bits per heavy atom. The highest BCUT2D eigenvalue weighted by molar-refractivity contribution is 5.94. The Hall–Kier alpha value is -3.88. The third kappa shape index (κ3) is 4.99. The van der Waals surface area contributed by atoms with E-state index in [4.69, 9.17) is 4.98 Å². The predicted molar refractivity (Wildman–Crippen MR) is 136 cm³/mol. The maximum Gasteiger partial charge on any atom is 0.337 e. The molecule has 9 nitrogen and oxygen atoms in total. The zero-order valence-corrected chi connectivity index (χ0v) is 20.5. The van der Waals surface area contributed by atoms with Gasteiger partial charge in [0, 0.05) is 44.4 Å². The van der Waals surface area contributed by atoms with Crippen LogP contribution in [-0.4, -0.2) is 45.7 Å². The molecule has 1 aliphatic heterocycles. The van der Waals surface area contributed by atoms with Gasteiger partial charge in [-0.25, -0.2) is 9.78 Å². The Morgan fingerprint density at radius 3 is 2.69 bits per heavy atom. The first-order valence-electron chi connectivity index (χ1n) is 11.8. The molecule has 0 bridgehead atoms. The van der Waals surface area contributed by atoms with Gasteiger partial charge in [-0.3, -0.25) is 14.2 Å². The number of anilines is 2. The summed E-state index contributed by atoms with van der Waals surface area (Å²) < 4.78 is 1.57. The Balaban J connectivity index is 1.78. The number of aryl methyl sites for hydroxylation is 1. The lowest BCUT2D eigenvalue weighted by Crippen LogP contribution is -2.48. The fourth-order valence-corrected chi connectivity index (χ4v) is 4.82. The van der Waals surface area contributed by atoms with E-state index < -0.39 is 5.97 Å². The zero-order valence-electron chi connectivity index (χ0n) is 20.5. The van der Waals surface area contributed by atoms with E-state index in [-0.39, 0.29) is 29.1 Å². The molecule has 2 heterocycles. The topological polar surface area (TPSA) is 117 Å². The molecule has 0 saturated carbocycles. The van der Waals surface area contributed by atoms with Crippen LogP contribution >= 0.6 is 0 Å². The maximum absolute atomic E-state index is 13.4. The molecular formula is C26H31N5O4. The number of para-hydroxylation sites is 1. The molecule has 9 heteroatoms. The number of nitrogens with zero attached hydrogens (tertiary/aromatic N) is 3. The number of aromatic carboxylic acids is 1. The number of nitrogens with one attached hydrogen (secondary N) is 2. The molecule has 3 aromatic rings. The van der Waals surface area contributed by atoms with E-state index >= 15 is 0 Å². The largest absolute Gasteiger partial charge is 0.478 e. The van der Waals surface area contributed by atoms with E-state index in [2.05, 4.69) is 10.6 Å². The van der Waals surface area contributed by atoms with Crippen LogP contribution in [-0.2, 0) is 11.8 Å². The second-order valence-corrected chi connectivity index (χ2v) is 9.23. The van der Waals surface area contributed by atoms with E-state index in [0.717, 1.165) is 30.5 Å². The summed E-state index contributed by atoms with van der Waals surface area (Å²) in [6, 6.07) is 10.3. The molecule has 1 unspecified atom stereocenters. The van der Waals surface area contributed by atoms with Crippen molar-refractivity contribution in [3.05, 3.63) is 63.4 Å². The molecule has 184 valence electrons. The van der Waals surface area contributed by atoms with Gasteiger partial charge < -0.3 is 20.6 Å². The van der Waals surface area contributed by atoms with Crippen molar-refractivity contribution in [3.63, 3.8) is 0 Å². The molecule has 1 aromatic heterocycles. The molecular weight excluding hydrogens is 446 g/mol. The van der Waals surface area contributed by atoms with E-state index in [1.54, 1.807) is 35.9 Å². The van der Waals surface area contributed by atoms with E-state index in [0.29, 0.717) is 29.1 Å². The standard InChI is InChI=1S/C26H31N5O4/c1-15-12-20(16(2)27-22-10-6-5-9-19(22)25(34)35)23-21(13-15)24(33)30(4)26(29-23)31-11-7-8-18(14-31)28-17(3)32/h5-6,9-10,12-13,16,18,27H,7-8,11,14H2,1-4H3,(H,28,32)(H,34,35)/t16?,18-/m0/s1. The molecule has 3 N–H and O–H groups in total. The average molecular weight is 478 g/mol. The fourth-order valence-electron chi connectivity index (χ4n) is 4.82. The van der Waals surface area contributed by atoms with Crippen LogP contribution in [0.25, 0.3) is 10.9 Å². The Bertz CT molecular complexity index is 1350. The van der Waals surface area contributed by atoms with Gasteiger partial charge in [0.15, 0.2) is 0 Å². The van der Waals surface area contributed by atoms with Gasteiger partial charge in [-0.15, -0.1) is 0 Å². The summed E-state index contributed by atoms with van der Waals surface area (Å²) in [7, 11) is 1.72. The highest BCUT2D eigenvalue weighted by Gasteiger charge is 2.25. The third-order valence-electron chi connectivity index (χ3n) is 6.44. The fraction of sp³-hybridized carbons (Fsp3) is 0.385. The molecule has 0 spiro atoms. The first-order valence-corrected chi connectivity index (χ1v) is 11.8. The van der Waals surface area contributed by atoms with Gasteiger partial charge in [0.2, 0.25) is 11.9 Å². The number of carboxylic acid groups (broad SMARTS) is 1. The Labute approximate surface area is 203 Å². The number of hydrogen-bond donors (Lipinski definition) is 3. The number of carboxylic acids is 1. The van der Waals surface area contributed by atoms with E-state index in [1.165, 1.54) is 6.92 Å². The van der Waals surface area contributed by atoms with Crippen LogP contribution in [0.3, 0.4) is 0 Å². The van der Waals surface area contributed by atoms with E-state index in [9.17, 15) is 19.5 Å². The minimum absolute atomic E-state index is 0.000511. The number of aromatic nitrogens is 2. The number of amides is 1. The molecule has 1 amide bonds. The van der Waals surface area contributed by atoms with Crippen LogP contribution in [0.5, 0.6) is 0 Å². The zero-order chi connectivity index (χ0) is 25.3. The number of carbonyl (C=O) groups is 2. The highest BCUT2D eigenvalue weighted by atomic mass is 16.4. The Kier molecular flexibility index (Phi) is 6.77. The number of benzene rings is 2. The summed E-state index contributed by atoms with van der Waals surface area (Å²) in [5, 5.41) is 16.4. The first-order chi connectivity index (χ1) is 16.7. The normalized spacial score (nSPS) is 16.7. The molecule has 2 atom stereocenters. The number of carbonyl (C=O) groups excluding carboxylic acids is 1. The van der Waals surface area contributed by atoms with Gasteiger partial charge in [0.05, 0.1) is 22.5 Å². The second kappa shape index (κ2) is 9.77. The smallest absolute Gasteiger partial charge is 0.337 e. The third-order valence-corrected chi connectivity index (χ3v) is 6.44. The van der Waals surface area contributed by atoms with E-state index in [1.807, 2.05) is 30.9 Å². The van der Waals surface area contributed by atoms with Crippen LogP contribution in [0.1, 0.15) is 54.2 Å². The van der Waals surface area contributed by atoms with Crippen molar-refractivity contribution < 1.29 is 14.7 Å². The lowest BCUT2D eigenvalue weighted by molar-refractivity contribution is -0.119. The number of piperidine rings is 1. The van der Waals surface area contributed by atoms with Gasteiger partial charge in [-0.2, -0.15) is 0 Å². The van der Waals surface area contributed by atoms with Gasteiger partial charge in [0.1, 0.15) is 0 Å². The minimum Gasteiger partial charge on any atom is -0.478 e. The van der Waals surface area contributed by atoms with Crippen LogP contribution in [0.15, 0.2) is 41.2 Å². The minimum atomic E-state index is -1.01. The van der Waals surface area contributed by atoms with Crippen LogP contribution in [0.4, 0.5) is 11.6 Å². The van der Waals surface area contributed by atoms with Crippen molar-refractivity contribution in [1.29, 1.82) is 0 Å². The number of hydrogen-bond acceptors (Lipinski definition) is 6. The van der Waals surface area contributed by atoms with Crippen molar-refractivity contribution in [2.75, 3.05) is 23.3 Å². The molecule has 2 aromatic carbocycles. The lowest BCUT2D eigenvalue weighted by Gasteiger charge is -2.34. The van der Waals surface area contributed by atoms with Crippen molar-refractivity contribution in [3.8, 4) is 0 Å². The lowest BCUT2D eigenvalue weighted by atomic mass is 10.0. The van der Waals surface area contributed by atoms with Crippen molar-refractivity contribution in [2.24, 2.45) is 7.05 Å². The molecule has 0 radical (unpaired) electrons. The Morgan fingerprint density at radius 1 is 1.23 bits per heavy atom. The molecule has 4 rings (SSSR count). The van der Waals surface area contributed by atoms with Gasteiger partial charge in [-0.1, -0.05) is 18.2 Å². The molecule has 35 heavy (non-hydrogen) atoms. The first kappa shape index (κ1) is 24.3. The summed E-state index contributed by atoms with van der Waals surface area (Å²) in [5.41, 5.74) is 2.86. The summed E-state index contributed by atoms with van der Waals surface area (Å²) in [4.78, 5) is 43.7. The molecule has 1 saturated heterocycles.